The SMILES string of the molecule is COc1ccc(NC(=O)C(=O)N[C@@H]2COc3c2ccc(C)c3C)cc1. The van der Waals surface area contributed by atoms with E-state index in [1.54, 1.807) is 31.4 Å². The molecule has 0 saturated heterocycles. The Kier molecular flexibility index (Phi) is 4.61. The Morgan fingerprint density at radius 3 is 2.48 bits per heavy atom. The summed E-state index contributed by atoms with van der Waals surface area (Å²) in [5, 5.41) is 5.29. The zero-order valence-corrected chi connectivity index (χ0v) is 14.4. The van der Waals surface area contributed by atoms with Gasteiger partial charge >= 0.3 is 11.8 Å². The molecule has 6 heteroatoms. The van der Waals surface area contributed by atoms with Crippen LogP contribution >= 0.6 is 0 Å². The molecule has 0 bridgehead atoms. The number of methoxy groups -OCH3 is 1. The van der Waals surface area contributed by atoms with Gasteiger partial charge in [-0.15, -0.1) is 0 Å². The van der Waals surface area contributed by atoms with Crippen molar-refractivity contribution < 1.29 is 19.1 Å². The Balaban J connectivity index is 1.65. The van der Waals surface area contributed by atoms with Crippen LogP contribution < -0.4 is 20.1 Å². The van der Waals surface area contributed by atoms with Gasteiger partial charge in [-0.2, -0.15) is 0 Å². The molecule has 2 aromatic carbocycles. The lowest BCUT2D eigenvalue weighted by Crippen LogP contribution is -2.38. The minimum atomic E-state index is -0.720. The third-order valence-electron chi connectivity index (χ3n) is 4.34. The fourth-order valence-corrected chi connectivity index (χ4v) is 2.74. The van der Waals surface area contributed by atoms with E-state index in [1.165, 1.54) is 0 Å². The predicted molar refractivity (Wildman–Crippen MR) is 93.9 cm³/mol. The van der Waals surface area contributed by atoms with Gasteiger partial charge in [0.25, 0.3) is 0 Å². The fourth-order valence-electron chi connectivity index (χ4n) is 2.74. The molecule has 130 valence electrons. The van der Waals surface area contributed by atoms with E-state index in [0.29, 0.717) is 18.0 Å². The van der Waals surface area contributed by atoms with Gasteiger partial charge in [0, 0.05) is 11.3 Å². The third-order valence-corrected chi connectivity index (χ3v) is 4.34. The molecule has 6 nitrogen and oxygen atoms in total. The highest BCUT2D eigenvalue weighted by molar-refractivity contribution is 6.39. The molecule has 0 unspecified atom stereocenters. The molecule has 2 N–H and O–H groups in total. The first-order valence-corrected chi connectivity index (χ1v) is 7.98. The number of carbonyl (C=O) groups excluding carboxylic acids is 2. The number of benzene rings is 2. The summed E-state index contributed by atoms with van der Waals surface area (Å²) in [7, 11) is 1.56. The standard InChI is InChI=1S/C19H20N2O4/c1-11-4-9-15-16(10-25-17(15)12(11)2)21-19(23)18(22)20-13-5-7-14(24-3)8-6-13/h4-9,16H,10H2,1-3H3,(H,20,22)(H,21,23)/t16-/m1/s1. The van der Waals surface area contributed by atoms with E-state index in [0.717, 1.165) is 22.4 Å². The lowest BCUT2D eigenvalue weighted by molar-refractivity contribution is -0.136. The van der Waals surface area contributed by atoms with Crippen LogP contribution in [0.1, 0.15) is 22.7 Å². The van der Waals surface area contributed by atoms with Gasteiger partial charge in [-0.25, -0.2) is 0 Å². The van der Waals surface area contributed by atoms with E-state index in [4.69, 9.17) is 9.47 Å². The summed E-state index contributed by atoms with van der Waals surface area (Å²) in [6, 6.07) is 10.3. The molecule has 25 heavy (non-hydrogen) atoms. The van der Waals surface area contributed by atoms with Crippen LogP contribution in [0.4, 0.5) is 5.69 Å². The molecule has 3 rings (SSSR count). The molecule has 1 aliphatic rings. The van der Waals surface area contributed by atoms with Crippen LogP contribution in [0.15, 0.2) is 36.4 Å². The van der Waals surface area contributed by atoms with E-state index in [9.17, 15) is 9.59 Å². The average Bonchev–Trinajstić information content (AvgIpc) is 3.02. The lowest BCUT2D eigenvalue weighted by atomic mass is 10.0. The van der Waals surface area contributed by atoms with Crippen LogP contribution in [0.3, 0.4) is 0 Å². The summed E-state index contributed by atoms with van der Waals surface area (Å²) in [5.74, 6) is 0.0478. The van der Waals surface area contributed by atoms with Gasteiger partial charge in [0.05, 0.1) is 13.2 Å². The van der Waals surface area contributed by atoms with Gasteiger partial charge in [-0.05, 0) is 49.2 Å². The summed E-state index contributed by atoms with van der Waals surface area (Å²) in [5.41, 5.74) is 3.60. The molecule has 2 amide bonds. The first-order valence-electron chi connectivity index (χ1n) is 7.98. The Bertz CT molecular complexity index is 815. The van der Waals surface area contributed by atoms with Gasteiger partial charge in [0.15, 0.2) is 0 Å². The van der Waals surface area contributed by atoms with Crippen molar-refractivity contribution in [3.63, 3.8) is 0 Å². The van der Waals surface area contributed by atoms with Gasteiger partial charge in [0.2, 0.25) is 0 Å². The van der Waals surface area contributed by atoms with Crippen LogP contribution in [-0.4, -0.2) is 25.5 Å². The van der Waals surface area contributed by atoms with Gasteiger partial charge in [-0.1, -0.05) is 12.1 Å². The topological polar surface area (TPSA) is 76.7 Å². The minimum Gasteiger partial charge on any atom is -0.497 e. The van der Waals surface area contributed by atoms with Crippen LogP contribution in [0.5, 0.6) is 11.5 Å². The van der Waals surface area contributed by atoms with Crippen molar-refractivity contribution in [2.75, 3.05) is 19.0 Å². The molecule has 0 radical (unpaired) electrons. The molecular weight excluding hydrogens is 320 g/mol. The Morgan fingerprint density at radius 2 is 1.80 bits per heavy atom. The molecule has 1 heterocycles. The van der Waals surface area contributed by atoms with Crippen LogP contribution in [-0.2, 0) is 9.59 Å². The number of hydrogen-bond donors (Lipinski definition) is 2. The van der Waals surface area contributed by atoms with Crippen LogP contribution in [0.2, 0.25) is 0 Å². The number of carbonyl (C=O) groups is 2. The smallest absolute Gasteiger partial charge is 0.313 e. The Morgan fingerprint density at radius 1 is 1.08 bits per heavy atom. The average molecular weight is 340 g/mol. The van der Waals surface area contributed by atoms with Crippen molar-refractivity contribution in [1.82, 2.24) is 5.32 Å². The van der Waals surface area contributed by atoms with Crippen molar-refractivity contribution >= 4 is 17.5 Å². The molecule has 0 spiro atoms. The van der Waals surface area contributed by atoms with E-state index in [1.807, 2.05) is 26.0 Å². The first-order chi connectivity index (χ1) is 12.0. The fraction of sp³-hybridized carbons (Fsp3) is 0.263. The number of amides is 2. The van der Waals surface area contributed by atoms with E-state index < -0.39 is 11.8 Å². The van der Waals surface area contributed by atoms with E-state index >= 15 is 0 Å². The molecule has 0 saturated carbocycles. The second kappa shape index (κ2) is 6.84. The van der Waals surface area contributed by atoms with E-state index in [2.05, 4.69) is 10.6 Å². The zero-order valence-electron chi connectivity index (χ0n) is 14.4. The maximum Gasteiger partial charge on any atom is 0.313 e. The van der Waals surface area contributed by atoms with Crippen molar-refractivity contribution in [3.05, 3.63) is 53.1 Å². The maximum atomic E-state index is 12.2. The van der Waals surface area contributed by atoms with Crippen molar-refractivity contribution in [2.24, 2.45) is 0 Å². The number of anilines is 1. The third kappa shape index (κ3) is 3.42. The van der Waals surface area contributed by atoms with Gasteiger partial charge < -0.3 is 20.1 Å². The highest BCUT2D eigenvalue weighted by atomic mass is 16.5. The first kappa shape index (κ1) is 16.8. The molecular formula is C19H20N2O4. The minimum absolute atomic E-state index is 0.321. The van der Waals surface area contributed by atoms with Gasteiger partial charge in [-0.3, -0.25) is 9.59 Å². The second-order valence-corrected chi connectivity index (χ2v) is 5.95. The summed E-state index contributed by atoms with van der Waals surface area (Å²) < 4.78 is 10.7. The van der Waals surface area contributed by atoms with Crippen molar-refractivity contribution in [2.45, 2.75) is 19.9 Å². The van der Waals surface area contributed by atoms with Crippen LogP contribution in [0.25, 0.3) is 0 Å². The summed E-state index contributed by atoms with van der Waals surface area (Å²) >= 11 is 0. The largest absolute Gasteiger partial charge is 0.497 e. The predicted octanol–water partition coefficient (Wildman–Crippen LogP) is 2.50. The number of fused-ring (bicyclic) bond motifs is 1. The number of hydrogen-bond acceptors (Lipinski definition) is 4. The molecule has 0 fully saturated rings. The number of aryl methyl sites for hydroxylation is 1. The zero-order chi connectivity index (χ0) is 18.0. The normalized spacial score (nSPS) is 15.1. The molecule has 1 aliphatic heterocycles. The molecule has 0 aromatic heterocycles. The Hall–Kier alpha value is -3.02. The highest BCUT2D eigenvalue weighted by Crippen LogP contribution is 2.36. The van der Waals surface area contributed by atoms with E-state index in [-0.39, 0.29) is 6.04 Å². The summed E-state index contributed by atoms with van der Waals surface area (Å²) in [6.07, 6.45) is 0. The van der Waals surface area contributed by atoms with Crippen molar-refractivity contribution in [3.8, 4) is 11.5 Å². The number of nitrogens with one attached hydrogen (secondary N) is 2. The second-order valence-electron chi connectivity index (χ2n) is 5.95. The molecule has 0 aliphatic carbocycles. The summed E-state index contributed by atoms with van der Waals surface area (Å²) in [6.45, 7) is 4.31. The monoisotopic (exact) mass is 340 g/mol. The van der Waals surface area contributed by atoms with Gasteiger partial charge in [0.1, 0.15) is 18.1 Å². The quantitative estimate of drug-likeness (QED) is 0.842. The molecule has 2 aromatic rings. The lowest BCUT2D eigenvalue weighted by Gasteiger charge is -2.12. The maximum absolute atomic E-state index is 12.2. The van der Waals surface area contributed by atoms with Crippen LogP contribution in [0, 0.1) is 13.8 Å². The summed E-state index contributed by atoms with van der Waals surface area (Å²) in [4.78, 5) is 24.3. The number of rotatable bonds is 3. The highest BCUT2D eigenvalue weighted by Gasteiger charge is 2.29. The molecule has 1 atom stereocenters. The number of ether oxygens (including phenoxy) is 2. The van der Waals surface area contributed by atoms with Crippen molar-refractivity contribution in [1.29, 1.82) is 0 Å². The Labute approximate surface area is 146 Å².